The molecule has 1 aromatic rings. The van der Waals surface area contributed by atoms with Crippen LogP contribution in [-0.2, 0) is 0 Å². The smallest absolute Gasteiger partial charge is 0.426 e. The molecule has 27 heavy (non-hydrogen) atoms. The fraction of sp³-hybridized carbons (Fsp3) is 0.714. The minimum Gasteiger partial charge on any atom is -0.426 e. The van der Waals surface area contributed by atoms with Crippen molar-refractivity contribution in [3.8, 4) is 5.75 Å². The van der Waals surface area contributed by atoms with Crippen molar-refractivity contribution < 1.29 is 26.7 Å². The van der Waals surface area contributed by atoms with Crippen molar-refractivity contribution >= 4 is 0 Å². The molecule has 2 aliphatic rings. The predicted molar refractivity (Wildman–Crippen MR) is 93.9 cm³/mol. The third-order valence-corrected chi connectivity index (χ3v) is 6.43. The molecule has 0 N–H and O–H groups in total. The van der Waals surface area contributed by atoms with Crippen molar-refractivity contribution in [1.82, 2.24) is 0 Å². The summed E-state index contributed by atoms with van der Waals surface area (Å²) in [6.07, 6.45) is -1.13. The van der Waals surface area contributed by atoms with Crippen molar-refractivity contribution in [2.45, 2.75) is 76.5 Å². The molecule has 0 saturated heterocycles. The fourth-order valence-electron chi connectivity index (χ4n) is 4.70. The van der Waals surface area contributed by atoms with Crippen molar-refractivity contribution in [1.29, 1.82) is 0 Å². The van der Waals surface area contributed by atoms with E-state index in [1.54, 1.807) is 12.1 Å². The lowest BCUT2D eigenvalue weighted by molar-refractivity contribution is -0.360. The fourth-order valence-corrected chi connectivity index (χ4v) is 4.70. The van der Waals surface area contributed by atoms with Gasteiger partial charge in [-0.2, -0.15) is 22.0 Å². The van der Waals surface area contributed by atoms with E-state index in [9.17, 15) is 22.0 Å². The van der Waals surface area contributed by atoms with Gasteiger partial charge in [0.05, 0.1) is 0 Å². The Balaban J connectivity index is 1.53. The van der Waals surface area contributed by atoms with E-state index in [0.717, 1.165) is 36.2 Å². The average Bonchev–Trinajstić information content (AvgIpc) is 2.62. The molecule has 0 atom stereocenters. The predicted octanol–water partition coefficient (Wildman–Crippen LogP) is 7.32. The molecule has 6 heteroatoms. The minimum atomic E-state index is -5.72. The summed E-state index contributed by atoms with van der Waals surface area (Å²) in [6.45, 7) is 2.32. The van der Waals surface area contributed by atoms with E-state index in [-0.39, 0.29) is 0 Å². The Morgan fingerprint density at radius 3 is 1.70 bits per heavy atom. The minimum absolute atomic E-state index is 0.348. The topological polar surface area (TPSA) is 9.23 Å². The van der Waals surface area contributed by atoms with Gasteiger partial charge in [-0.15, -0.1) is 0 Å². The summed E-state index contributed by atoms with van der Waals surface area (Å²) in [6, 6.07) is 5.66. The highest BCUT2D eigenvalue weighted by Crippen LogP contribution is 2.44. The molecule has 2 fully saturated rings. The van der Waals surface area contributed by atoms with Gasteiger partial charge in [0.1, 0.15) is 5.75 Å². The summed E-state index contributed by atoms with van der Waals surface area (Å²) in [5.74, 6) is 2.35. The Morgan fingerprint density at radius 2 is 1.22 bits per heavy atom. The Hall–Kier alpha value is -1.33. The van der Waals surface area contributed by atoms with Crippen LogP contribution in [0.4, 0.5) is 22.0 Å². The molecule has 0 radical (unpaired) electrons. The maximum Gasteiger partial charge on any atom is 0.499 e. The van der Waals surface area contributed by atoms with Crippen LogP contribution in [0.5, 0.6) is 5.75 Å². The van der Waals surface area contributed by atoms with Crippen LogP contribution in [0.3, 0.4) is 0 Å². The highest BCUT2D eigenvalue weighted by molar-refractivity contribution is 5.30. The lowest BCUT2D eigenvalue weighted by Crippen LogP contribution is -2.41. The molecule has 3 rings (SSSR count). The average molecular weight is 390 g/mol. The standard InChI is InChI=1S/C21H27F5O/c1-14-2-4-15(5-3-14)16-6-8-17(9-7-16)18-10-12-19(13-11-18)27-21(25,26)20(22,23)24/h10-17H,2-9H2,1H3/t14-,15-,16?,17?. The van der Waals surface area contributed by atoms with Gasteiger partial charge in [-0.1, -0.05) is 31.9 Å². The summed E-state index contributed by atoms with van der Waals surface area (Å²) in [7, 11) is 0. The molecule has 2 aliphatic carbocycles. The van der Waals surface area contributed by atoms with E-state index in [1.165, 1.54) is 50.7 Å². The number of alkyl halides is 5. The highest BCUT2D eigenvalue weighted by atomic mass is 19.4. The van der Waals surface area contributed by atoms with Crippen LogP contribution in [0.25, 0.3) is 0 Å². The van der Waals surface area contributed by atoms with Crippen LogP contribution in [-0.4, -0.2) is 12.3 Å². The van der Waals surface area contributed by atoms with E-state index in [1.807, 2.05) is 0 Å². The Labute approximate surface area is 157 Å². The third kappa shape index (κ3) is 4.94. The van der Waals surface area contributed by atoms with E-state index < -0.39 is 18.0 Å². The normalized spacial score (nSPS) is 30.1. The van der Waals surface area contributed by atoms with E-state index in [0.29, 0.717) is 5.92 Å². The first kappa shape index (κ1) is 20.4. The first-order chi connectivity index (χ1) is 12.7. The molecule has 0 aromatic heterocycles. The number of hydrogen-bond acceptors (Lipinski definition) is 1. The Bertz CT molecular complexity index is 594. The van der Waals surface area contributed by atoms with Crippen LogP contribution in [0.2, 0.25) is 0 Å². The second-order valence-corrected chi connectivity index (χ2v) is 8.32. The summed E-state index contributed by atoms with van der Waals surface area (Å²) in [5.41, 5.74) is 0.994. The molecule has 0 unspecified atom stereocenters. The molecular weight excluding hydrogens is 363 g/mol. The van der Waals surface area contributed by atoms with Crippen LogP contribution in [0.15, 0.2) is 24.3 Å². The molecule has 1 aromatic carbocycles. The number of ether oxygens (including phenoxy) is 1. The number of halogens is 5. The maximum atomic E-state index is 13.0. The van der Waals surface area contributed by atoms with Crippen molar-refractivity contribution in [2.24, 2.45) is 17.8 Å². The zero-order valence-electron chi connectivity index (χ0n) is 15.6. The van der Waals surface area contributed by atoms with Gasteiger partial charge in [0, 0.05) is 0 Å². The SMILES string of the molecule is C[C@H]1CC[C@H](C2CCC(c3ccc(OC(F)(F)C(F)(F)F)cc3)CC2)CC1. The van der Waals surface area contributed by atoms with Crippen LogP contribution < -0.4 is 4.74 Å². The van der Waals surface area contributed by atoms with Gasteiger partial charge in [0.15, 0.2) is 0 Å². The lowest BCUT2D eigenvalue weighted by Gasteiger charge is -2.37. The van der Waals surface area contributed by atoms with Gasteiger partial charge in [0.2, 0.25) is 0 Å². The molecule has 0 amide bonds. The second-order valence-electron chi connectivity index (χ2n) is 8.32. The monoisotopic (exact) mass is 390 g/mol. The highest BCUT2D eigenvalue weighted by Gasteiger charge is 2.61. The van der Waals surface area contributed by atoms with Gasteiger partial charge >= 0.3 is 12.3 Å². The Morgan fingerprint density at radius 1 is 0.741 bits per heavy atom. The van der Waals surface area contributed by atoms with Crippen molar-refractivity contribution in [3.05, 3.63) is 29.8 Å². The van der Waals surface area contributed by atoms with Gasteiger partial charge in [0.25, 0.3) is 0 Å². The van der Waals surface area contributed by atoms with Gasteiger partial charge in [-0.05, 0) is 79.9 Å². The van der Waals surface area contributed by atoms with Gasteiger partial charge in [-0.3, -0.25) is 0 Å². The molecule has 0 bridgehead atoms. The van der Waals surface area contributed by atoms with Crippen LogP contribution >= 0.6 is 0 Å². The zero-order chi connectivity index (χ0) is 19.7. The number of rotatable bonds is 4. The van der Waals surface area contributed by atoms with E-state index >= 15 is 0 Å². The quantitative estimate of drug-likeness (QED) is 0.489. The molecule has 0 heterocycles. The van der Waals surface area contributed by atoms with Crippen molar-refractivity contribution in [3.63, 3.8) is 0 Å². The number of hydrogen-bond donors (Lipinski definition) is 0. The maximum absolute atomic E-state index is 13.0. The molecule has 0 spiro atoms. The van der Waals surface area contributed by atoms with Crippen LogP contribution in [0, 0.1) is 17.8 Å². The summed E-state index contributed by atoms with van der Waals surface area (Å²) < 4.78 is 66.5. The lowest BCUT2D eigenvalue weighted by atomic mass is 9.68. The summed E-state index contributed by atoms with van der Waals surface area (Å²) >= 11 is 0. The molecule has 2 saturated carbocycles. The summed E-state index contributed by atoms with van der Waals surface area (Å²) in [4.78, 5) is 0. The molecule has 1 nitrogen and oxygen atoms in total. The molecular formula is C21H27F5O. The molecule has 152 valence electrons. The first-order valence-corrected chi connectivity index (χ1v) is 9.89. The second kappa shape index (κ2) is 7.96. The number of benzene rings is 1. The van der Waals surface area contributed by atoms with E-state index in [4.69, 9.17) is 0 Å². The largest absolute Gasteiger partial charge is 0.499 e. The van der Waals surface area contributed by atoms with Gasteiger partial charge < -0.3 is 4.74 Å². The van der Waals surface area contributed by atoms with Crippen LogP contribution in [0.1, 0.15) is 69.8 Å². The van der Waals surface area contributed by atoms with Crippen molar-refractivity contribution in [2.75, 3.05) is 0 Å². The zero-order valence-corrected chi connectivity index (χ0v) is 15.6. The van der Waals surface area contributed by atoms with E-state index in [2.05, 4.69) is 11.7 Å². The summed E-state index contributed by atoms with van der Waals surface area (Å²) in [5, 5.41) is 0. The molecule has 0 aliphatic heterocycles. The van der Waals surface area contributed by atoms with Gasteiger partial charge in [-0.25, -0.2) is 0 Å². The first-order valence-electron chi connectivity index (χ1n) is 9.89. The Kier molecular flexibility index (Phi) is 6.02. The third-order valence-electron chi connectivity index (χ3n) is 6.43.